The van der Waals surface area contributed by atoms with Crippen molar-refractivity contribution in [2.75, 3.05) is 0 Å². The van der Waals surface area contributed by atoms with E-state index in [1.165, 1.54) is 12.2 Å². The fraction of sp³-hybridized carbons (Fsp3) is 0.143. The van der Waals surface area contributed by atoms with Crippen LogP contribution in [0.4, 0.5) is 8.78 Å². The number of aromatic amines is 1. The number of H-pyrrole nitrogens is 1. The second-order valence-electron chi connectivity index (χ2n) is 4.51. The molecular weight excluding hydrogens is 266 g/mol. The third-order valence-corrected chi connectivity index (χ3v) is 3.18. The summed E-state index contributed by atoms with van der Waals surface area (Å²) in [7, 11) is 0. The molecule has 0 spiro atoms. The van der Waals surface area contributed by atoms with Crippen LogP contribution in [0.3, 0.4) is 0 Å². The van der Waals surface area contributed by atoms with Crippen molar-refractivity contribution in [3.8, 4) is 5.69 Å². The van der Waals surface area contributed by atoms with Crippen LogP contribution in [-0.4, -0.2) is 9.55 Å². The van der Waals surface area contributed by atoms with Crippen LogP contribution in [0.5, 0.6) is 0 Å². The molecule has 4 nitrogen and oxygen atoms in total. The number of nitrogens with one attached hydrogen (secondary N) is 1. The summed E-state index contributed by atoms with van der Waals surface area (Å²) in [4.78, 5) is 26.4. The zero-order chi connectivity index (χ0) is 14.3. The van der Waals surface area contributed by atoms with Crippen LogP contribution in [0.1, 0.15) is 17.7 Å². The largest absolute Gasteiger partial charge is 0.333 e. The molecule has 1 aromatic carbocycles. The van der Waals surface area contributed by atoms with E-state index in [1.807, 2.05) is 0 Å². The zero-order valence-electron chi connectivity index (χ0n) is 10.3. The fourth-order valence-electron chi connectivity index (χ4n) is 2.23. The highest BCUT2D eigenvalue weighted by molar-refractivity contribution is 5.55. The Morgan fingerprint density at radius 1 is 1.15 bits per heavy atom. The van der Waals surface area contributed by atoms with E-state index in [0.717, 1.165) is 4.57 Å². The number of nitrogens with zero attached hydrogens (tertiary/aromatic N) is 1. The molecule has 1 aliphatic rings. The van der Waals surface area contributed by atoms with Crippen LogP contribution in [0.25, 0.3) is 11.8 Å². The van der Waals surface area contributed by atoms with Crippen molar-refractivity contribution in [3.05, 3.63) is 68.5 Å². The molecular formula is C14H10F2N2O2. The molecule has 2 aromatic rings. The van der Waals surface area contributed by atoms with Crippen molar-refractivity contribution in [3.63, 3.8) is 0 Å². The maximum absolute atomic E-state index is 13.7. The summed E-state index contributed by atoms with van der Waals surface area (Å²) in [5.41, 5.74) is -2.06. The van der Waals surface area contributed by atoms with E-state index in [2.05, 4.69) is 4.98 Å². The van der Waals surface area contributed by atoms with Crippen molar-refractivity contribution in [1.82, 2.24) is 9.55 Å². The molecule has 0 bridgehead atoms. The van der Waals surface area contributed by atoms with Gasteiger partial charge in [-0.2, -0.15) is 8.78 Å². The Balaban J connectivity index is 2.35. The normalized spacial score (nSPS) is 15.9. The van der Waals surface area contributed by atoms with Gasteiger partial charge < -0.3 is 4.98 Å². The molecule has 0 amide bonds. The van der Waals surface area contributed by atoms with E-state index >= 15 is 0 Å². The molecule has 0 saturated carbocycles. The van der Waals surface area contributed by atoms with Gasteiger partial charge in [-0.3, -0.25) is 4.79 Å². The van der Waals surface area contributed by atoms with Gasteiger partial charge in [-0.25, -0.2) is 9.36 Å². The van der Waals surface area contributed by atoms with Gasteiger partial charge in [-0.05, 0) is 12.1 Å². The lowest BCUT2D eigenvalue weighted by atomic mass is 10.0. The molecule has 6 heteroatoms. The molecule has 102 valence electrons. The Hall–Kier alpha value is -2.50. The van der Waals surface area contributed by atoms with Crippen LogP contribution in [0.2, 0.25) is 0 Å². The topological polar surface area (TPSA) is 54.9 Å². The van der Waals surface area contributed by atoms with E-state index < -0.39 is 29.3 Å². The fourth-order valence-corrected chi connectivity index (χ4v) is 2.23. The van der Waals surface area contributed by atoms with Gasteiger partial charge >= 0.3 is 5.69 Å². The quantitative estimate of drug-likeness (QED) is 0.866. The van der Waals surface area contributed by atoms with E-state index in [4.69, 9.17) is 0 Å². The van der Waals surface area contributed by atoms with E-state index in [1.54, 1.807) is 30.3 Å². The molecule has 1 N–H and O–H groups in total. The van der Waals surface area contributed by atoms with Crippen LogP contribution in [-0.2, 0) is 5.92 Å². The summed E-state index contributed by atoms with van der Waals surface area (Å²) in [5, 5.41) is 0. The molecule has 0 aliphatic heterocycles. The zero-order valence-corrected chi connectivity index (χ0v) is 10.3. The lowest BCUT2D eigenvalue weighted by Crippen LogP contribution is -2.39. The first kappa shape index (κ1) is 12.5. The van der Waals surface area contributed by atoms with Gasteiger partial charge in [-0.15, -0.1) is 0 Å². The van der Waals surface area contributed by atoms with Crippen molar-refractivity contribution in [2.45, 2.75) is 12.3 Å². The van der Waals surface area contributed by atoms with Gasteiger partial charge in [-0.1, -0.05) is 30.4 Å². The Morgan fingerprint density at radius 3 is 2.55 bits per heavy atom. The van der Waals surface area contributed by atoms with Gasteiger partial charge in [0, 0.05) is 6.42 Å². The van der Waals surface area contributed by atoms with Crippen LogP contribution >= 0.6 is 0 Å². The van der Waals surface area contributed by atoms with E-state index in [0.29, 0.717) is 5.69 Å². The molecule has 0 atom stereocenters. The number of fused-ring (bicyclic) bond motifs is 1. The maximum atomic E-state index is 13.7. The predicted octanol–water partition coefficient (Wildman–Crippen LogP) is 2.03. The second-order valence-corrected chi connectivity index (χ2v) is 4.51. The molecule has 0 unspecified atom stereocenters. The SMILES string of the molecule is O=c1[nH]c2c(c(=O)n1-c1ccccc1)C=CCC2(F)F. The molecule has 3 rings (SSSR count). The number of halogens is 2. The molecule has 0 fully saturated rings. The maximum Gasteiger partial charge on any atom is 0.333 e. The van der Waals surface area contributed by atoms with Gasteiger partial charge in [0.15, 0.2) is 0 Å². The second kappa shape index (κ2) is 4.26. The number of para-hydroxylation sites is 1. The van der Waals surface area contributed by atoms with Crippen molar-refractivity contribution in [2.24, 2.45) is 0 Å². The first-order chi connectivity index (χ1) is 9.50. The Labute approximate surface area is 112 Å². The molecule has 1 aliphatic carbocycles. The lowest BCUT2D eigenvalue weighted by molar-refractivity contribution is -0.00749. The highest BCUT2D eigenvalue weighted by atomic mass is 19.3. The van der Waals surface area contributed by atoms with Gasteiger partial charge in [0.05, 0.1) is 11.3 Å². The van der Waals surface area contributed by atoms with Crippen LogP contribution in [0, 0.1) is 0 Å². The van der Waals surface area contributed by atoms with Gasteiger partial charge in [0.2, 0.25) is 0 Å². The third kappa shape index (κ3) is 1.80. The summed E-state index contributed by atoms with van der Waals surface area (Å²) in [6.45, 7) is 0. The number of rotatable bonds is 1. The first-order valence-electron chi connectivity index (χ1n) is 6.00. The number of hydrogen-bond donors (Lipinski definition) is 1. The number of allylic oxidation sites excluding steroid dienone is 1. The molecule has 1 heterocycles. The standard InChI is InChI=1S/C14H10F2N2O2/c15-14(16)8-4-7-10-11(14)17-13(20)18(12(10)19)9-5-2-1-3-6-9/h1-7H,8H2,(H,17,20). The summed E-state index contributed by atoms with van der Waals surface area (Å²) in [6, 6.07) is 8.17. The van der Waals surface area contributed by atoms with Gasteiger partial charge in [0.25, 0.3) is 11.5 Å². The summed E-state index contributed by atoms with van der Waals surface area (Å²) in [6.07, 6.45) is 2.03. The minimum atomic E-state index is -3.22. The van der Waals surface area contributed by atoms with E-state index in [9.17, 15) is 18.4 Å². The smallest absolute Gasteiger partial charge is 0.305 e. The van der Waals surface area contributed by atoms with Crippen molar-refractivity contribution in [1.29, 1.82) is 0 Å². The van der Waals surface area contributed by atoms with Crippen LogP contribution < -0.4 is 11.2 Å². The molecule has 0 radical (unpaired) electrons. The minimum absolute atomic E-state index is 0.176. The number of aromatic nitrogens is 2. The van der Waals surface area contributed by atoms with Crippen LogP contribution in [0.15, 0.2) is 46.0 Å². The molecule has 1 aromatic heterocycles. The third-order valence-electron chi connectivity index (χ3n) is 3.18. The summed E-state index contributed by atoms with van der Waals surface area (Å²) >= 11 is 0. The average molecular weight is 276 g/mol. The molecule has 20 heavy (non-hydrogen) atoms. The minimum Gasteiger partial charge on any atom is -0.305 e. The highest BCUT2D eigenvalue weighted by Crippen LogP contribution is 2.35. The summed E-state index contributed by atoms with van der Waals surface area (Å²) in [5.74, 6) is -3.22. The van der Waals surface area contributed by atoms with E-state index in [-0.39, 0.29) is 5.56 Å². The monoisotopic (exact) mass is 276 g/mol. The van der Waals surface area contributed by atoms with Crippen molar-refractivity contribution < 1.29 is 8.78 Å². The molecule has 0 saturated heterocycles. The number of alkyl halides is 2. The highest BCUT2D eigenvalue weighted by Gasteiger charge is 2.37. The Morgan fingerprint density at radius 2 is 1.85 bits per heavy atom. The average Bonchev–Trinajstić information content (AvgIpc) is 2.41. The Kier molecular flexibility index (Phi) is 2.67. The lowest BCUT2D eigenvalue weighted by Gasteiger charge is -2.20. The number of benzene rings is 1. The predicted molar refractivity (Wildman–Crippen MR) is 70.2 cm³/mol. The summed E-state index contributed by atoms with van der Waals surface area (Å²) < 4.78 is 28.3. The van der Waals surface area contributed by atoms with Crippen molar-refractivity contribution >= 4 is 6.08 Å². The first-order valence-corrected chi connectivity index (χ1v) is 6.00. The van der Waals surface area contributed by atoms with Gasteiger partial charge in [0.1, 0.15) is 5.69 Å². The number of hydrogen-bond acceptors (Lipinski definition) is 2. The Bertz CT molecular complexity index is 804.